The molecule has 1 N–H and O–H groups in total. The summed E-state index contributed by atoms with van der Waals surface area (Å²) in [6.45, 7) is 1.87. The largest absolute Gasteiger partial charge is 0.495 e. The Morgan fingerprint density at radius 3 is 2.33 bits per heavy atom. The van der Waals surface area contributed by atoms with Gasteiger partial charge < -0.3 is 14.8 Å². The van der Waals surface area contributed by atoms with Gasteiger partial charge in [0, 0.05) is 19.8 Å². The minimum Gasteiger partial charge on any atom is -0.495 e. The molecule has 0 aliphatic rings. The molecule has 0 atom stereocenters. The highest BCUT2D eigenvalue weighted by molar-refractivity contribution is 7.89. The van der Waals surface area contributed by atoms with Crippen LogP contribution < -0.4 is 14.8 Å². The summed E-state index contributed by atoms with van der Waals surface area (Å²) in [5.74, 6) is 0.398. The van der Waals surface area contributed by atoms with Crippen molar-refractivity contribution in [2.45, 2.75) is 18.2 Å². The minimum absolute atomic E-state index is 0.0242. The Balaban J connectivity index is 2.08. The Morgan fingerprint density at radius 2 is 1.78 bits per heavy atom. The summed E-state index contributed by atoms with van der Waals surface area (Å²) in [6, 6.07) is 11.9. The second kappa shape index (κ2) is 8.88. The van der Waals surface area contributed by atoms with Gasteiger partial charge in [0.25, 0.3) is 5.91 Å². The quantitative estimate of drug-likeness (QED) is 0.746. The maximum absolute atomic E-state index is 12.4. The van der Waals surface area contributed by atoms with Gasteiger partial charge in [-0.15, -0.1) is 0 Å². The highest BCUT2D eigenvalue weighted by Gasteiger charge is 2.23. The zero-order valence-electron chi connectivity index (χ0n) is 15.9. The van der Waals surface area contributed by atoms with Crippen molar-refractivity contribution in [3.8, 4) is 11.5 Å². The van der Waals surface area contributed by atoms with Crippen LogP contribution in [0.3, 0.4) is 0 Å². The SMILES string of the molecule is CCc1ccc(OCC(=O)Nc2ccc(OC)c(S(=O)(=O)N(C)C)c2)cc1. The fourth-order valence-electron chi connectivity index (χ4n) is 2.32. The first-order valence-corrected chi connectivity index (χ1v) is 9.84. The Bertz CT molecular complexity index is 893. The van der Waals surface area contributed by atoms with Gasteiger partial charge in [-0.2, -0.15) is 0 Å². The van der Waals surface area contributed by atoms with Crippen LogP contribution in [0.15, 0.2) is 47.4 Å². The van der Waals surface area contributed by atoms with E-state index in [0.717, 1.165) is 10.7 Å². The predicted octanol–water partition coefficient (Wildman–Crippen LogP) is 2.53. The van der Waals surface area contributed by atoms with Crippen molar-refractivity contribution in [1.82, 2.24) is 4.31 Å². The van der Waals surface area contributed by atoms with Gasteiger partial charge in [-0.3, -0.25) is 4.79 Å². The molecule has 2 aromatic rings. The number of nitrogens with one attached hydrogen (secondary N) is 1. The molecular formula is C19H24N2O5S. The van der Waals surface area contributed by atoms with Crippen molar-refractivity contribution >= 4 is 21.6 Å². The van der Waals surface area contributed by atoms with Gasteiger partial charge in [-0.05, 0) is 42.3 Å². The molecule has 146 valence electrons. The maximum atomic E-state index is 12.4. The molecule has 0 unspecified atom stereocenters. The number of carbonyl (C=O) groups excluding carboxylic acids is 1. The molecular weight excluding hydrogens is 368 g/mol. The van der Waals surface area contributed by atoms with Crippen LogP contribution >= 0.6 is 0 Å². The molecule has 0 bridgehead atoms. The summed E-state index contributed by atoms with van der Waals surface area (Å²) >= 11 is 0. The number of hydrogen-bond donors (Lipinski definition) is 1. The van der Waals surface area contributed by atoms with Gasteiger partial charge in [0.1, 0.15) is 16.4 Å². The minimum atomic E-state index is -3.71. The normalized spacial score (nSPS) is 11.3. The first-order chi connectivity index (χ1) is 12.8. The van der Waals surface area contributed by atoms with Gasteiger partial charge in [0.05, 0.1) is 7.11 Å². The third-order valence-electron chi connectivity index (χ3n) is 3.91. The number of hydrogen-bond acceptors (Lipinski definition) is 5. The number of aryl methyl sites for hydroxylation is 1. The number of benzene rings is 2. The lowest BCUT2D eigenvalue weighted by molar-refractivity contribution is -0.118. The molecule has 2 aromatic carbocycles. The summed E-state index contributed by atoms with van der Waals surface area (Å²) in [5.41, 5.74) is 1.52. The van der Waals surface area contributed by atoms with Crippen LogP contribution in [0.4, 0.5) is 5.69 Å². The number of amides is 1. The van der Waals surface area contributed by atoms with Crippen LogP contribution in [0.25, 0.3) is 0 Å². The summed E-state index contributed by atoms with van der Waals surface area (Å²) in [7, 11) is 0.531. The molecule has 1 amide bonds. The van der Waals surface area contributed by atoms with E-state index in [1.54, 1.807) is 18.2 Å². The molecule has 7 nitrogen and oxygen atoms in total. The molecule has 0 heterocycles. The van der Waals surface area contributed by atoms with Gasteiger partial charge >= 0.3 is 0 Å². The molecule has 0 aliphatic heterocycles. The molecule has 0 fully saturated rings. The summed E-state index contributed by atoms with van der Waals surface area (Å²) < 4.78 is 36.5. The number of sulfonamides is 1. The summed E-state index contributed by atoms with van der Waals surface area (Å²) in [4.78, 5) is 12.1. The van der Waals surface area contributed by atoms with Crippen molar-refractivity contribution in [3.63, 3.8) is 0 Å². The highest BCUT2D eigenvalue weighted by Crippen LogP contribution is 2.28. The van der Waals surface area contributed by atoms with Gasteiger partial charge in [0.2, 0.25) is 10.0 Å². The first-order valence-electron chi connectivity index (χ1n) is 8.40. The molecule has 0 saturated heterocycles. The van der Waals surface area contributed by atoms with E-state index in [1.165, 1.54) is 38.9 Å². The van der Waals surface area contributed by atoms with Crippen LogP contribution in [-0.4, -0.2) is 46.4 Å². The number of anilines is 1. The Kier molecular flexibility index (Phi) is 6.81. The molecule has 0 spiro atoms. The first kappa shape index (κ1) is 20.7. The topological polar surface area (TPSA) is 84.9 Å². The van der Waals surface area contributed by atoms with E-state index in [0.29, 0.717) is 11.4 Å². The lowest BCUT2D eigenvalue weighted by Crippen LogP contribution is -2.24. The molecule has 0 aromatic heterocycles. The van der Waals surface area contributed by atoms with E-state index < -0.39 is 15.9 Å². The predicted molar refractivity (Wildman–Crippen MR) is 104 cm³/mol. The van der Waals surface area contributed by atoms with Gasteiger partial charge in [-0.1, -0.05) is 19.1 Å². The van der Waals surface area contributed by atoms with Crippen LogP contribution in [-0.2, 0) is 21.2 Å². The number of carbonyl (C=O) groups is 1. The zero-order chi connectivity index (χ0) is 20.0. The van der Waals surface area contributed by atoms with E-state index in [9.17, 15) is 13.2 Å². The van der Waals surface area contributed by atoms with Crippen LogP contribution in [0.1, 0.15) is 12.5 Å². The molecule has 2 rings (SSSR count). The second-order valence-corrected chi connectivity index (χ2v) is 8.11. The van der Waals surface area contributed by atoms with E-state index in [1.807, 2.05) is 12.1 Å². The van der Waals surface area contributed by atoms with Crippen LogP contribution in [0.2, 0.25) is 0 Å². The van der Waals surface area contributed by atoms with Crippen molar-refractivity contribution in [1.29, 1.82) is 0 Å². The van der Waals surface area contributed by atoms with Gasteiger partial charge in [-0.25, -0.2) is 12.7 Å². The molecule has 0 saturated carbocycles. The van der Waals surface area contributed by atoms with E-state index in [-0.39, 0.29) is 17.3 Å². The van der Waals surface area contributed by atoms with Crippen molar-refractivity contribution in [2.75, 3.05) is 33.1 Å². The number of ether oxygens (including phenoxy) is 2. The summed E-state index contributed by atoms with van der Waals surface area (Å²) in [6.07, 6.45) is 0.927. The van der Waals surface area contributed by atoms with Gasteiger partial charge in [0.15, 0.2) is 6.61 Å². The van der Waals surface area contributed by atoms with Crippen molar-refractivity contribution in [3.05, 3.63) is 48.0 Å². The Morgan fingerprint density at radius 1 is 1.11 bits per heavy atom. The van der Waals surface area contributed by atoms with Crippen molar-refractivity contribution < 1.29 is 22.7 Å². The second-order valence-electron chi connectivity index (χ2n) is 5.99. The molecule has 0 aliphatic carbocycles. The zero-order valence-corrected chi connectivity index (χ0v) is 16.7. The molecule has 0 radical (unpaired) electrons. The van der Waals surface area contributed by atoms with Crippen LogP contribution in [0, 0.1) is 0 Å². The fraction of sp³-hybridized carbons (Fsp3) is 0.316. The van der Waals surface area contributed by atoms with E-state index in [4.69, 9.17) is 9.47 Å². The third kappa shape index (κ3) is 5.21. The lowest BCUT2D eigenvalue weighted by atomic mass is 10.2. The maximum Gasteiger partial charge on any atom is 0.262 e. The average molecular weight is 392 g/mol. The third-order valence-corrected chi connectivity index (χ3v) is 5.74. The smallest absolute Gasteiger partial charge is 0.262 e. The Labute approximate surface area is 160 Å². The fourth-order valence-corrected chi connectivity index (χ4v) is 3.39. The summed E-state index contributed by atoms with van der Waals surface area (Å²) in [5, 5.41) is 2.63. The van der Waals surface area contributed by atoms with Crippen LogP contribution in [0.5, 0.6) is 11.5 Å². The molecule has 27 heavy (non-hydrogen) atoms. The number of methoxy groups -OCH3 is 1. The Hall–Kier alpha value is -2.58. The standard InChI is InChI=1S/C19H24N2O5S/c1-5-14-6-9-16(10-7-14)26-13-19(22)20-15-8-11-17(25-4)18(12-15)27(23,24)21(2)3/h6-12H,5,13H2,1-4H3,(H,20,22). The van der Waals surface area contributed by atoms with E-state index in [2.05, 4.69) is 12.2 Å². The van der Waals surface area contributed by atoms with Crippen molar-refractivity contribution in [2.24, 2.45) is 0 Å². The highest BCUT2D eigenvalue weighted by atomic mass is 32.2. The van der Waals surface area contributed by atoms with E-state index >= 15 is 0 Å². The number of rotatable bonds is 8. The lowest BCUT2D eigenvalue weighted by Gasteiger charge is -2.16. The monoisotopic (exact) mass is 392 g/mol. The average Bonchev–Trinajstić information content (AvgIpc) is 2.66. The number of nitrogens with zero attached hydrogens (tertiary/aromatic N) is 1. The molecule has 8 heteroatoms.